The molecule has 0 amide bonds. The SMILES string of the molecule is Cn1c(CC(O)CC(F)(F)F)nc2ccccc21. The molecule has 2 rings (SSSR count). The number of alkyl halides is 3. The third-order valence-corrected chi connectivity index (χ3v) is 2.77. The number of nitrogens with zero attached hydrogens (tertiary/aromatic N) is 2. The summed E-state index contributed by atoms with van der Waals surface area (Å²) < 4.78 is 38.1. The third kappa shape index (κ3) is 2.81. The van der Waals surface area contributed by atoms with Gasteiger partial charge in [0.1, 0.15) is 5.82 Å². The first-order chi connectivity index (χ1) is 8.37. The van der Waals surface area contributed by atoms with Crippen LogP contribution >= 0.6 is 0 Å². The molecule has 0 aliphatic carbocycles. The first-order valence-electron chi connectivity index (χ1n) is 5.52. The molecule has 1 aromatic carbocycles. The summed E-state index contributed by atoms with van der Waals surface area (Å²) in [5.74, 6) is 0.452. The largest absolute Gasteiger partial charge is 0.392 e. The van der Waals surface area contributed by atoms with Crippen LogP contribution in [0.15, 0.2) is 24.3 Å². The zero-order valence-corrected chi connectivity index (χ0v) is 9.78. The van der Waals surface area contributed by atoms with Gasteiger partial charge in [0.25, 0.3) is 0 Å². The fourth-order valence-corrected chi connectivity index (χ4v) is 1.93. The number of hydrogen-bond donors (Lipinski definition) is 1. The van der Waals surface area contributed by atoms with Crippen LogP contribution in [0.5, 0.6) is 0 Å². The highest BCUT2D eigenvalue weighted by molar-refractivity contribution is 5.75. The molecule has 0 spiro atoms. The Balaban J connectivity index is 2.19. The summed E-state index contributed by atoms with van der Waals surface area (Å²) in [5, 5.41) is 9.41. The lowest BCUT2D eigenvalue weighted by Gasteiger charge is -2.12. The Morgan fingerprint density at radius 3 is 2.61 bits per heavy atom. The molecule has 98 valence electrons. The van der Waals surface area contributed by atoms with E-state index in [1.54, 1.807) is 17.7 Å². The normalized spacial score (nSPS) is 14.1. The van der Waals surface area contributed by atoms with Gasteiger partial charge in [-0.2, -0.15) is 13.2 Å². The second-order valence-corrected chi connectivity index (χ2v) is 4.25. The minimum absolute atomic E-state index is 0.106. The fraction of sp³-hybridized carbons (Fsp3) is 0.417. The van der Waals surface area contributed by atoms with Crippen molar-refractivity contribution < 1.29 is 18.3 Å². The van der Waals surface area contributed by atoms with E-state index in [1.807, 2.05) is 18.2 Å². The van der Waals surface area contributed by atoms with Gasteiger partial charge in [0.15, 0.2) is 0 Å². The fourth-order valence-electron chi connectivity index (χ4n) is 1.93. The minimum atomic E-state index is -4.36. The van der Waals surface area contributed by atoms with E-state index in [0.29, 0.717) is 11.3 Å². The number of imidazole rings is 1. The van der Waals surface area contributed by atoms with Crippen LogP contribution in [0.2, 0.25) is 0 Å². The monoisotopic (exact) mass is 258 g/mol. The van der Waals surface area contributed by atoms with Gasteiger partial charge >= 0.3 is 6.18 Å². The van der Waals surface area contributed by atoms with E-state index >= 15 is 0 Å². The topological polar surface area (TPSA) is 38.0 Å². The van der Waals surface area contributed by atoms with Crippen molar-refractivity contribution in [1.82, 2.24) is 9.55 Å². The summed E-state index contributed by atoms with van der Waals surface area (Å²) in [5.41, 5.74) is 1.56. The average Bonchev–Trinajstić information content (AvgIpc) is 2.54. The molecule has 1 aromatic heterocycles. The first kappa shape index (κ1) is 12.9. The molecular weight excluding hydrogens is 245 g/mol. The highest BCUT2D eigenvalue weighted by atomic mass is 19.4. The van der Waals surface area contributed by atoms with E-state index in [0.717, 1.165) is 5.52 Å². The first-order valence-corrected chi connectivity index (χ1v) is 5.52. The molecule has 0 fully saturated rings. The molecule has 6 heteroatoms. The molecule has 0 aliphatic rings. The van der Waals surface area contributed by atoms with Crippen LogP contribution in [-0.4, -0.2) is 26.9 Å². The summed E-state index contributed by atoms with van der Waals surface area (Å²) in [6.07, 6.45) is -7.13. The van der Waals surface area contributed by atoms with Crippen molar-refractivity contribution in [3.05, 3.63) is 30.1 Å². The highest BCUT2D eigenvalue weighted by Crippen LogP contribution is 2.23. The lowest BCUT2D eigenvalue weighted by molar-refractivity contribution is -0.153. The number of halogens is 3. The molecular formula is C12H13F3N2O. The van der Waals surface area contributed by atoms with Crippen molar-refractivity contribution in [3.63, 3.8) is 0 Å². The summed E-state index contributed by atoms with van der Waals surface area (Å²) >= 11 is 0. The van der Waals surface area contributed by atoms with E-state index in [-0.39, 0.29) is 6.42 Å². The summed E-state index contributed by atoms with van der Waals surface area (Å²) in [6.45, 7) is 0. The lowest BCUT2D eigenvalue weighted by atomic mass is 10.2. The van der Waals surface area contributed by atoms with E-state index in [4.69, 9.17) is 0 Å². The smallest absolute Gasteiger partial charge is 0.391 e. The second-order valence-electron chi connectivity index (χ2n) is 4.25. The number of aromatic nitrogens is 2. The molecule has 0 bridgehead atoms. The van der Waals surface area contributed by atoms with Crippen LogP contribution in [0, 0.1) is 0 Å². The van der Waals surface area contributed by atoms with E-state index in [9.17, 15) is 18.3 Å². The molecule has 0 radical (unpaired) electrons. The zero-order chi connectivity index (χ0) is 13.3. The van der Waals surface area contributed by atoms with Gasteiger partial charge in [0, 0.05) is 13.5 Å². The quantitative estimate of drug-likeness (QED) is 0.918. The Bertz CT molecular complexity index is 548. The van der Waals surface area contributed by atoms with Crippen molar-refractivity contribution in [1.29, 1.82) is 0 Å². The van der Waals surface area contributed by atoms with Crippen molar-refractivity contribution in [3.8, 4) is 0 Å². The molecule has 1 atom stereocenters. The van der Waals surface area contributed by atoms with Gasteiger partial charge in [-0.25, -0.2) is 4.98 Å². The van der Waals surface area contributed by atoms with Crippen molar-refractivity contribution in [2.45, 2.75) is 25.1 Å². The molecule has 0 aliphatic heterocycles. The van der Waals surface area contributed by atoms with Gasteiger partial charge in [0.2, 0.25) is 0 Å². The van der Waals surface area contributed by atoms with Crippen LogP contribution in [0.3, 0.4) is 0 Å². The maximum absolute atomic E-state index is 12.1. The second kappa shape index (κ2) is 4.61. The summed E-state index contributed by atoms with van der Waals surface area (Å²) in [7, 11) is 1.73. The van der Waals surface area contributed by atoms with Gasteiger partial charge in [0.05, 0.1) is 23.6 Å². The van der Waals surface area contributed by atoms with E-state index < -0.39 is 18.7 Å². The summed E-state index contributed by atoms with van der Waals surface area (Å²) in [6, 6.07) is 7.27. The number of fused-ring (bicyclic) bond motifs is 1. The van der Waals surface area contributed by atoms with Crippen LogP contribution in [0.25, 0.3) is 11.0 Å². The van der Waals surface area contributed by atoms with Crippen LogP contribution in [0.4, 0.5) is 13.2 Å². The third-order valence-electron chi connectivity index (χ3n) is 2.77. The number of aliphatic hydroxyl groups excluding tert-OH is 1. The number of hydrogen-bond acceptors (Lipinski definition) is 2. The number of aryl methyl sites for hydroxylation is 1. The predicted molar refractivity (Wildman–Crippen MR) is 61.1 cm³/mol. The van der Waals surface area contributed by atoms with Gasteiger partial charge in [-0.1, -0.05) is 12.1 Å². The number of para-hydroxylation sites is 2. The zero-order valence-electron chi connectivity index (χ0n) is 9.78. The van der Waals surface area contributed by atoms with Crippen LogP contribution < -0.4 is 0 Å². The summed E-state index contributed by atoms with van der Waals surface area (Å²) in [4.78, 5) is 4.22. The standard InChI is InChI=1S/C12H13F3N2O/c1-17-10-5-3-2-4-9(10)16-11(17)6-8(18)7-12(13,14)15/h2-5,8,18H,6-7H2,1H3. The molecule has 3 nitrogen and oxygen atoms in total. The van der Waals surface area contributed by atoms with Crippen molar-refractivity contribution in [2.75, 3.05) is 0 Å². The van der Waals surface area contributed by atoms with Crippen molar-refractivity contribution >= 4 is 11.0 Å². The molecule has 2 aromatic rings. The number of aliphatic hydroxyl groups is 1. The van der Waals surface area contributed by atoms with Crippen LogP contribution in [0.1, 0.15) is 12.2 Å². The molecule has 1 unspecified atom stereocenters. The van der Waals surface area contributed by atoms with Crippen molar-refractivity contribution in [2.24, 2.45) is 7.05 Å². The van der Waals surface area contributed by atoms with E-state index in [2.05, 4.69) is 4.98 Å². The lowest BCUT2D eigenvalue weighted by Crippen LogP contribution is -2.22. The Morgan fingerprint density at radius 2 is 2.00 bits per heavy atom. The predicted octanol–water partition coefficient (Wildman–Crippen LogP) is 2.43. The highest BCUT2D eigenvalue weighted by Gasteiger charge is 2.31. The van der Waals surface area contributed by atoms with Gasteiger partial charge in [-0.3, -0.25) is 0 Å². The van der Waals surface area contributed by atoms with E-state index in [1.165, 1.54) is 0 Å². The maximum Gasteiger partial charge on any atom is 0.391 e. The van der Waals surface area contributed by atoms with Crippen LogP contribution in [-0.2, 0) is 13.5 Å². The molecule has 18 heavy (non-hydrogen) atoms. The molecule has 1 heterocycles. The molecule has 1 N–H and O–H groups in total. The number of benzene rings is 1. The minimum Gasteiger partial charge on any atom is -0.392 e. The average molecular weight is 258 g/mol. The Kier molecular flexibility index (Phi) is 3.30. The van der Waals surface area contributed by atoms with Gasteiger partial charge in [-0.05, 0) is 12.1 Å². The Morgan fingerprint density at radius 1 is 1.33 bits per heavy atom. The Labute approximate surface area is 102 Å². The number of rotatable bonds is 3. The molecule has 0 saturated heterocycles. The molecule has 0 saturated carbocycles. The Hall–Kier alpha value is -1.56. The maximum atomic E-state index is 12.1. The van der Waals surface area contributed by atoms with Gasteiger partial charge < -0.3 is 9.67 Å². The van der Waals surface area contributed by atoms with Gasteiger partial charge in [-0.15, -0.1) is 0 Å².